The van der Waals surface area contributed by atoms with E-state index in [0.29, 0.717) is 13.0 Å². The molecule has 0 spiro atoms. The summed E-state index contributed by atoms with van der Waals surface area (Å²) in [5, 5.41) is 9.67. The molecule has 10 heavy (non-hydrogen) atoms. The maximum Gasteiger partial charge on any atom is 0.251 e. The Hall–Kier alpha value is -0.770. The van der Waals surface area contributed by atoms with E-state index in [0.717, 1.165) is 6.42 Å². The van der Waals surface area contributed by atoms with Crippen LogP contribution in [-0.4, -0.2) is 26.5 Å². The molecule has 0 saturated heterocycles. The molecule has 0 saturated carbocycles. The van der Waals surface area contributed by atoms with E-state index in [9.17, 15) is 9.90 Å². The highest BCUT2D eigenvalue weighted by molar-refractivity contribution is 5.53. The maximum atomic E-state index is 9.67. The molecule has 0 aliphatic rings. The molecule has 4 heteroatoms. The number of carbonyl (C=O) groups excluding carboxylic acids is 1. The van der Waals surface area contributed by atoms with Crippen LogP contribution in [0.2, 0.25) is 0 Å². The molecule has 0 aromatic rings. The fraction of sp³-hybridized carbons (Fsp3) is 0.833. The molecule has 0 radical (unpaired) electrons. The molecule has 0 amide bonds. The van der Waals surface area contributed by atoms with Crippen molar-refractivity contribution in [2.75, 3.05) is 20.3 Å². The predicted molar refractivity (Wildman–Crippen MR) is 32.5 cm³/mol. The van der Waals surface area contributed by atoms with Crippen molar-refractivity contribution in [1.29, 1.82) is 0 Å². The van der Waals surface area contributed by atoms with E-state index in [1.54, 1.807) is 7.11 Å². The van der Waals surface area contributed by atoms with Gasteiger partial charge in [0, 0.05) is 20.3 Å². The Kier molecular flexibility index (Phi) is 5.86. The Morgan fingerprint density at radius 2 is 2.00 bits per heavy atom. The first-order valence-corrected chi connectivity index (χ1v) is 3.10. The van der Waals surface area contributed by atoms with Crippen molar-refractivity contribution in [3.63, 3.8) is 0 Å². The second-order valence-electron chi connectivity index (χ2n) is 1.80. The molecule has 0 atom stereocenters. The minimum Gasteiger partial charge on any atom is -0.550 e. The summed E-state index contributed by atoms with van der Waals surface area (Å²) in [6, 6.07) is 0. The number of methoxy groups -OCH3 is 1. The molecule has 0 aromatic carbocycles. The van der Waals surface area contributed by atoms with Crippen molar-refractivity contribution in [2.24, 2.45) is 0 Å². The Morgan fingerprint density at radius 1 is 1.40 bits per heavy atom. The lowest BCUT2D eigenvalue weighted by Gasteiger charge is -2.06. The first kappa shape index (κ1) is 9.23. The standard InChI is InChI=1S/C6H12O4/c1-9-4-2-3-5-10-6(7)8/h2-5H2,1H3,(H,7,8)/p-1. The van der Waals surface area contributed by atoms with E-state index in [1.807, 2.05) is 0 Å². The molecule has 0 aliphatic carbocycles. The molecule has 0 unspecified atom stereocenters. The average molecular weight is 147 g/mol. The molecule has 0 fully saturated rings. The molecule has 0 heterocycles. The van der Waals surface area contributed by atoms with E-state index in [4.69, 9.17) is 4.74 Å². The summed E-state index contributed by atoms with van der Waals surface area (Å²) in [4.78, 5) is 9.67. The van der Waals surface area contributed by atoms with E-state index in [2.05, 4.69) is 4.74 Å². The molecule has 0 aromatic heterocycles. The van der Waals surface area contributed by atoms with Crippen molar-refractivity contribution in [1.82, 2.24) is 0 Å². The fourth-order valence-corrected chi connectivity index (χ4v) is 0.504. The van der Waals surface area contributed by atoms with Gasteiger partial charge >= 0.3 is 0 Å². The summed E-state index contributed by atoms with van der Waals surface area (Å²) in [5.41, 5.74) is 0. The Labute approximate surface area is 59.7 Å². The van der Waals surface area contributed by atoms with Gasteiger partial charge in [-0.2, -0.15) is 0 Å². The van der Waals surface area contributed by atoms with Gasteiger partial charge in [0.2, 0.25) is 0 Å². The number of hydrogen-bond donors (Lipinski definition) is 0. The van der Waals surface area contributed by atoms with Crippen molar-refractivity contribution in [2.45, 2.75) is 12.8 Å². The predicted octanol–water partition coefficient (Wildman–Crippen LogP) is -0.227. The zero-order chi connectivity index (χ0) is 7.82. The van der Waals surface area contributed by atoms with Crippen molar-refractivity contribution >= 4 is 6.16 Å². The highest BCUT2D eigenvalue weighted by Gasteiger charge is 1.86. The number of ether oxygens (including phenoxy) is 2. The van der Waals surface area contributed by atoms with E-state index in [1.165, 1.54) is 0 Å². The SMILES string of the molecule is COCCCCOC(=O)[O-]. The maximum absolute atomic E-state index is 9.67. The first-order valence-electron chi connectivity index (χ1n) is 3.10. The van der Waals surface area contributed by atoms with Gasteiger partial charge in [-0.25, -0.2) is 0 Å². The van der Waals surface area contributed by atoms with Crippen LogP contribution >= 0.6 is 0 Å². The topological polar surface area (TPSA) is 58.6 Å². The zero-order valence-corrected chi connectivity index (χ0v) is 5.96. The number of carboxylic acid groups (broad SMARTS) is 1. The van der Waals surface area contributed by atoms with E-state index in [-0.39, 0.29) is 6.61 Å². The third-order valence-corrected chi connectivity index (χ3v) is 0.963. The molecular formula is C6H11O4-. The Bertz CT molecular complexity index is 91.7. The minimum atomic E-state index is -1.46. The van der Waals surface area contributed by atoms with Crippen LogP contribution in [0.25, 0.3) is 0 Å². The third-order valence-electron chi connectivity index (χ3n) is 0.963. The largest absolute Gasteiger partial charge is 0.550 e. The van der Waals surface area contributed by atoms with Gasteiger partial charge in [0.25, 0.3) is 6.16 Å². The summed E-state index contributed by atoms with van der Waals surface area (Å²) in [7, 11) is 1.60. The molecule has 0 rings (SSSR count). The fourth-order valence-electron chi connectivity index (χ4n) is 0.504. The number of hydrogen-bond acceptors (Lipinski definition) is 4. The molecular weight excluding hydrogens is 136 g/mol. The van der Waals surface area contributed by atoms with Gasteiger partial charge in [0.15, 0.2) is 0 Å². The molecule has 4 nitrogen and oxygen atoms in total. The molecule has 0 N–H and O–H groups in total. The van der Waals surface area contributed by atoms with Gasteiger partial charge in [-0.1, -0.05) is 0 Å². The Balaban J connectivity index is 2.84. The van der Waals surface area contributed by atoms with Gasteiger partial charge in [0.05, 0.1) is 0 Å². The molecule has 0 bridgehead atoms. The quantitative estimate of drug-likeness (QED) is 0.398. The van der Waals surface area contributed by atoms with Crippen LogP contribution in [-0.2, 0) is 9.47 Å². The highest BCUT2D eigenvalue weighted by Crippen LogP contribution is 1.89. The van der Waals surface area contributed by atoms with Crippen LogP contribution in [0.15, 0.2) is 0 Å². The summed E-state index contributed by atoms with van der Waals surface area (Å²) < 4.78 is 8.87. The van der Waals surface area contributed by atoms with Crippen LogP contribution in [0, 0.1) is 0 Å². The summed E-state index contributed by atoms with van der Waals surface area (Å²) in [5.74, 6) is 0. The highest BCUT2D eigenvalue weighted by atomic mass is 16.7. The summed E-state index contributed by atoms with van der Waals surface area (Å²) in [6.07, 6.45) is 0.0309. The van der Waals surface area contributed by atoms with Crippen molar-refractivity contribution in [3.8, 4) is 0 Å². The van der Waals surface area contributed by atoms with Crippen LogP contribution in [0.1, 0.15) is 12.8 Å². The normalized spacial score (nSPS) is 9.30. The zero-order valence-electron chi connectivity index (χ0n) is 5.96. The van der Waals surface area contributed by atoms with Crippen LogP contribution in [0.4, 0.5) is 4.79 Å². The van der Waals surface area contributed by atoms with E-state index < -0.39 is 6.16 Å². The van der Waals surface area contributed by atoms with Crippen LogP contribution in [0.5, 0.6) is 0 Å². The first-order chi connectivity index (χ1) is 4.77. The van der Waals surface area contributed by atoms with Gasteiger partial charge in [0.1, 0.15) is 0 Å². The minimum absolute atomic E-state index is 0.200. The van der Waals surface area contributed by atoms with E-state index >= 15 is 0 Å². The summed E-state index contributed by atoms with van der Waals surface area (Å²) in [6.45, 7) is 0.835. The molecule has 0 aliphatic heterocycles. The third kappa shape index (κ3) is 7.23. The van der Waals surface area contributed by atoms with Gasteiger partial charge < -0.3 is 19.4 Å². The smallest absolute Gasteiger partial charge is 0.251 e. The monoisotopic (exact) mass is 147 g/mol. The average Bonchev–Trinajstić information content (AvgIpc) is 1.87. The lowest BCUT2D eigenvalue weighted by Crippen LogP contribution is -2.23. The molecule has 60 valence electrons. The Morgan fingerprint density at radius 3 is 2.50 bits per heavy atom. The lowest BCUT2D eigenvalue weighted by atomic mass is 10.3. The summed E-state index contributed by atoms with van der Waals surface area (Å²) >= 11 is 0. The van der Waals surface area contributed by atoms with Gasteiger partial charge in [-0.15, -0.1) is 0 Å². The van der Waals surface area contributed by atoms with Crippen molar-refractivity contribution < 1.29 is 19.4 Å². The van der Waals surface area contributed by atoms with Gasteiger partial charge in [-0.3, -0.25) is 0 Å². The second-order valence-corrected chi connectivity index (χ2v) is 1.80. The number of unbranched alkanes of at least 4 members (excludes halogenated alkanes) is 1. The lowest BCUT2D eigenvalue weighted by molar-refractivity contribution is -0.282. The van der Waals surface area contributed by atoms with Gasteiger partial charge in [-0.05, 0) is 12.8 Å². The number of rotatable bonds is 5. The number of carbonyl (C=O) groups is 1. The second kappa shape index (κ2) is 6.35. The van der Waals surface area contributed by atoms with Crippen molar-refractivity contribution in [3.05, 3.63) is 0 Å². The van der Waals surface area contributed by atoms with Crippen LogP contribution in [0.3, 0.4) is 0 Å². The van der Waals surface area contributed by atoms with Crippen LogP contribution < -0.4 is 5.11 Å².